The third-order valence-electron chi connectivity index (χ3n) is 2.94. The largest absolute Gasteiger partial charge is 0.486 e. The maximum absolute atomic E-state index is 5.75. The number of hydrogen-bond acceptors (Lipinski definition) is 3. The Morgan fingerprint density at radius 3 is 2.52 bits per heavy atom. The summed E-state index contributed by atoms with van der Waals surface area (Å²) in [5.41, 5.74) is 0.964. The van der Waals surface area contributed by atoms with Crippen molar-refractivity contribution >= 4 is 28.1 Å². The minimum Gasteiger partial charge on any atom is -0.486 e. The van der Waals surface area contributed by atoms with Gasteiger partial charge < -0.3 is 4.74 Å². The van der Waals surface area contributed by atoms with E-state index in [2.05, 4.69) is 26.1 Å². The van der Waals surface area contributed by atoms with Crippen LogP contribution in [0.2, 0.25) is 0 Å². The van der Waals surface area contributed by atoms with E-state index in [9.17, 15) is 0 Å². The maximum atomic E-state index is 5.75. The van der Waals surface area contributed by atoms with Gasteiger partial charge in [0.25, 0.3) is 0 Å². The van der Waals surface area contributed by atoms with Gasteiger partial charge in [-0.2, -0.15) is 5.10 Å². The van der Waals surface area contributed by atoms with Gasteiger partial charge in [-0.3, -0.25) is 9.67 Å². The number of aromatic amines is 1. The van der Waals surface area contributed by atoms with Crippen LogP contribution in [0, 0.1) is 4.77 Å². The molecule has 2 aromatic carbocycles. The lowest BCUT2D eigenvalue weighted by Crippen LogP contribution is -2.05. The summed E-state index contributed by atoms with van der Waals surface area (Å²) in [5.74, 6) is 1.51. The Morgan fingerprint density at radius 1 is 1.10 bits per heavy atom. The fourth-order valence-corrected chi connectivity index (χ4v) is 2.47. The molecule has 3 aromatic rings. The van der Waals surface area contributed by atoms with Gasteiger partial charge in [-0.05, 0) is 48.6 Å². The van der Waals surface area contributed by atoms with Crippen LogP contribution in [-0.2, 0) is 6.61 Å². The van der Waals surface area contributed by atoms with Crippen molar-refractivity contribution in [3.05, 3.63) is 69.7 Å². The number of hydrogen-bond donors (Lipinski definition) is 1. The highest BCUT2D eigenvalue weighted by atomic mass is 79.9. The van der Waals surface area contributed by atoms with Gasteiger partial charge in [0.2, 0.25) is 0 Å². The third-order valence-corrected chi connectivity index (χ3v) is 3.74. The summed E-state index contributed by atoms with van der Waals surface area (Å²) >= 11 is 8.68. The van der Waals surface area contributed by atoms with E-state index in [0.717, 1.165) is 21.7 Å². The van der Waals surface area contributed by atoms with Crippen LogP contribution in [-0.4, -0.2) is 14.8 Å². The van der Waals surface area contributed by atoms with E-state index < -0.39 is 0 Å². The standard InChI is InChI=1S/C15H12BrN3OS/c16-11-6-8-13(9-7-11)20-10-14-17-18-15(21)19(14)12-4-2-1-3-5-12/h1-9H,10H2,(H,18,21). The van der Waals surface area contributed by atoms with Crippen LogP contribution < -0.4 is 4.74 Å². The van der Waals surface area contributed by atoms with E-state index in [1.807, 2.05) is 59.2 Å². The number of nitrogens with one attached hydrogen (secondary N) is 1. The van der Waals surface area contributed by atoms with Crippen LogP contribution in [0.15, 0.2) is 59.1 Å². The van der Waals surface area contributed by atoms with E-state index >= 15 is 0 Å². The van der Waals surface area contributed by atoms with E-state index in [0.29, 0.717) is 11.4 Å². The lowest BCUT2D eigenvalue weighted by molar-refractivity contribution is 0.293. The molecule has 0 aliphatic carbocycles. The van der Waals surface area contributed by atoms with Gasteiger partial charge in [0, 0.05) is 10.2 Å². The summed E-state index contributed by atoms with van der Waals surface area (Å²) in [7, 11) is 0. The molecule has 6 heteroatoms. The SMILES string of the molecule is S=c1[nH]nc(COc2ccc(Br)cc2)n1-c1ccccc1. The molecule has 1 heterocycles. The van der Waals surface area contributed by atoms with Crippen LogP contribution >= 0.6 is 28.1 Å². The molecule has 3 rings (SSSR count). The zero-order valence-electron chi connectivity index (χ0n) is 11.0. The van der Waals surface area contributed by atoms with Crippen molar-refractivity contribution < 1.29 is 4.74 Å². The molecule has 0 unspecified atom stereocenters. The molecule has 0 aliphatic heterocycles. The second-order valence-electron chi connectivity index (χ2n) is 4.36. The molecule has 0 aliphatic rings. The highest BCUT2D eigenvalue weighted by molar-refractivity contribution is 9.10. The molecule has 0 bridgehead atoms. The number of benzene rings is 2. The molecule has 0 saturated carbocycles. The quantitative estimate of drug-likeness (QED) is 0.705. The highest BCUT2D eigenvalue weighted by Gasteiger charge is 2.08. The minimum absolute atomic E-state index is 0.337. The summed E-state index contributed by atoms with van der Waals surface area (Å²) in [6.07, 6.45) is 0. The molecule has 0 radical (unpaired) electrons. The number of para-hydroxylation sites is 1. The fourth-order valence-electron chi connectivity index (χ4n) is 1.95. The van der Waals surface area contributed by atoms with Crippen molar-refractivity contribution in [1.82, 2.24) is 14.8 Å². The Kier molecular flexibility index (Phi) is 4.17. The monoisotopic (exact) mass is 361 g/mol. The molecular formula is C15H12BrN3OS. The molecule has 1 aromatic heterocycles. The molecular weight excluding hydrogens is 350 g/mol. The smallest absolute Gasteiger partial charge is 0.199 e. The van der Waals surface area contributed by atoms with E-state index in [4.69, 9.17) is 17.0 Å². The lowest BCUT2D eigenvalue weighted by Gasteiger charge is -2.08. The van der Waals surface area contributed by atoms with Gasteiger partial charge >= 0.3 is 0 Å². The molecule has 0 amide bonds. The summed E-state index contributed by atoms with van der Waals surface area (Å²) in [6.45, 7) is 0.337. The summed E-state index contributed by atoms with van der Waals surface area (Å²) in [6, 6.07) is 17.5. The topological polar surface area (TPSA) is 42.8 Å². The molecule has 106 valence electrons. The van der Waals surface area contributed by atoms with Gasteiger partial charge in [-0.1, -0.05) is 34.1 Å². The zero-order valence-corrected chi connectivity index (χ0v) is 13.4. The van der Waals surface area contributed by atoms with Gasteiger partial charge in [0.1, 0.15) is 12.4 Å². The van der Waals surface area contributed by atoms with Gasteiger partial charge in [-0.25, -0.2) is 0 Å². The summed E-state index contributed by atoms with van der Waals surface area (Å²) in [5, 5.41) is 7.05. The van der Waals surface area contributed by atoms with Crippen LogP contribution in [0.3, 0.4) is 0 Å². The lowest BCUT2D eigenvalue weighted by atomic mass is 10.3. The Labute approximate surface area is 135 Å². The highest BCUT2D eigenvalue weighted by Crippen LogP contribution is 2.18. The van der Waals surface area contributed by atoms with Crippen molar-refractivity contribution in [3.8, 4) is 11.4 Å². The average Bonchev–Trinajstić information content (AvgIpc) is 2.88. The Bertz CT molecular complexity index is 781. The first-order valence-corrected chi connectivity index (χ1v) is 7.54. The Morgan fingerprint density at radius 2 is 1.81 bits per heavy atom. The van der Waals surface area contributed by atoms with Gasteiger partial charge in [-0.15, -0.1) is 0 Å². The van der Waals surface area contributed by atoms with E-state index in [-0.39, 0.29) is 0 Å². The molecule has 4 nitrogen and oxygen atoms in total. The van der Waals surface area contributed by atoms with Crippen molar-refractivity contribution in [2.45, 2.75) is 6.61 Å². The van der Waals surface area contributed by atoms with Gasteiger partial charge in [0.05, 0.1) is 0 Å². The number of nitrogens with zero attached hydrogens (tertiary/aromatic N) is 2. The first kappa shape index (κ1) is 14.0. The second-order valence-corrected chi connectivity index (χ2v) is 5.66. The van der Waals surface area contributed by atoms with Crippen LogP contribution in [0.25, 0.3) is 5.69 Å². The molecule has 21 heavy (non-hydrogen) atoms. The first-order valence-electron chi connectivity index (χ1n) is 6.34. The number of ether oxygens (including phenoxy) is 1. The molecule has 1 N–H and O–H groups in total. The van der Waals surface area contributed by atoms with Crippen molar-refractivity contribution in [2.24, 2.45) is 0 Å². The van der Waals surface area contributed by atoms with Crippen LogP contribution in [0.1, 0.15) is 5.82 Å². The summed E-state index contributed by atoms with van der Waals surface area (Å²) in [4.78, 5) is 0. The van der Waals surface area contributed by atoms with Gasteiger partial charge in [0.15, 0.2) is 10.6 Å². The predicted molar refractivity (Wildman–Crippen MR) is 87.2 cm³/mol. The number of rotatable bonds is 4. The second kappa shape index (κ2) is 6.24. The van der Waals surface area contributed by atoms with Crippen LogP contribution in [0.5, 0.6) is 5.75 Å². The number of halogens is 1. The van der Waals surface area contributed by atoms with Crippen LogP contribution in [0.4, 0.5) is 0 Å². The minimum atomic E-state index is 0.337. The maximum Gasteiger partial charge on any atom is 0.199 e. The molecule has 0 spiro atoms. The van der Waals surface area contributed by atoms with Crippen molar-refractivity contribution in [2.75, 3.05) is 0 Å². The molecule has 0 atom stereocenters. The van der Waals surface area contributed by atoms with E-state index in [1.165, 1.54) is 0 Å². The molecule has 0 fully saturated rings. The molecule has 0 saturated heterocycles. The normalized spacial score (nSPS) is 10.5. The Hall–Kier alpha value is -1.92. The third kappa shape index (κ3) is 3.22. The fraction of sp³-hybridized carbons (Fsp3) is 0.0667. The zero-order chi connectivity index (χ0) is 14.7. The van der Waals surface area contributed by atoms with Crippen molar-refractivity contribution in [3.63, 3.8) is 0 Å². The predicted octanol–water partition coefficient (Wildman–Crippen LogP) is 4.27. The number of H-pyrrole nitrogens is 1. The van der Waals surface area contributed by atoms with Crippen molar-refractivity contribution in [1.29, 1.82) is 0 Å². The van der Waals surface area contributed by atoms with E-state index in [1.54, 1.807) is 0 Å². The first-order chi connectivity index (χ1) is 10.2. The Balaban J connectivity index is 1.84. The summed E-state index contributed by atoms with van der Waals surface area (Å²) < 4.78 is 9.19. The average molecular weight is 362 g/mol. The number of aromatic nitrogens is 3.